The fraction of sp³-hybridized carbons (Fsp3) is 0.571. The fourth-order valence-corrected chi connectivity index (χ4v) is 3.74. The molecule has 158 valence electrons. The Balaban J connectivity index is 1.48. The van der Waals surface area contributed by atoms with Crippen LogP contribution in [-0.4, -0.2) is 60.9 Å². The number of ether oxygens (including phenoxy) is 2. The van der Waals surface area contributed by atoms with Gasteiger partial charge in [0.05, 0.1) is 18.6 Å². The molecule has 1 amide bonds. The lowest BCUT2D eigenvalue weighted by Crippen LogP contribution is -2.50. The van der Waals surface area contributed by atoms with Crippen molar-refractivity contribution in [2.45, 2.75) is 45.2 Å². The van der Waals surface area contributed by atoms with Crippen LogP contribution in [0.25, 0.3) is 0 Å². The van der Waals surface area contributed by atoms with Crippen LogP contribution in [0.3, 0.4) is 0 Å². The van der Waals surface area contributed by atoms with Gasteiger partial charge in [0.15, 0.2) is 5.78 Å². The van der Waals surface area contributed by atoms with Crippen LogP contribution in [0.4, 0.5) is 0 Å². The van der Waals surface area contributed by atoms with E-state index in [1.165, 1.54) is 6.92 Å². The maximum absolute atomic E-state index is 12.9. The third-order valence-corrected chi connectivity index (χ3v) is 5.32. The zero-order chi connectivity index (χ0) is 20.8. The Morgan fingerprint density at radius 3 is 2.83 bits per heavy atom. The molecule has 3 atom stereocenters. The van der Waals surface area contributed by atoms with Gasteiger partial charge in [0.1, 0.15) is 18.4 Å². The molecule has 0 bridgehead atoms. The monoisotopic (exact) mass is 403 g/mol. The first-order valence-electron chi connectivity index (χ1n) is 10.2. The average molecular weight is 403 g/mol. The quantitative estimate of drug-likeness (QED) is 0.523. The van der Waals surface area contributed by atoms with Crippen molar-refractivity contribution in [1.29, 1.82) is 0 Å². The van der Waals surface area contributed by atoms with E-state index in [1.807, 2.05) is 0 Å². The van der Waals surface area contributed by atoms with Crippen LogP contribution in [-0.2, 0) is 14.3 Å². The fourth-order valence-electron chi connectivity index (χ4n) is 3.74. The maximum atomic E-state index is 12.9. The number of piperidine rings is 1. The van der Waals surface area contributed by atoms with Crippen molar-refractivity contribution in [1.82, 2.24) is 15.8 Å². The molecule has 1 aromatic carbocycles. The second kappa shape index (κ2) is 9.84. The number of esters is 1. The Bertz CT molecular complexity index is 754. The van der Waals surface area contributed by atoms with Gasteiger partial charge in [-0.05, 0) is 45.2 Å². The number of carbonyl (C=O) groups excluding carboxylic acids is 3. The third-order valence-electron chi connectivity index (χ3n) is 5.32. The van der Waals surface area contributed by atoms with Crippen molar-refractivity contribution in [3.8, 4) is 5.75 Å². The first kappa shape index (κ1) is 21.3. The molecule has 2 aliphatic heterocycles. The predicted molar refractivity (Wildman–Crippen MR) is 106 cm³/mol. The van der Waals surface area contributed by atoms with Crippen LogP contribution >= 0.6 is 0 Å². The summed E-state index contributed by atoms with van der Waals surface area (Å²) in [6.07, 6.45) is 2.15. The Morgan fingerprint density at radius 1 is 1.24 bits per heavy atom. The normalized spacial score (nSPS) is 24.2. The number of hydrogen-bond donors (Lipinski definition) is 2. The van der Waals surface area contributed by atoms with E-state index >= 15 is 0 Å². The summed E-state index contributed by atoms with van der Waals surface area (Å²) in [6.45, 7) is 5.11. The van der Waals surface area contributed by atoms with Crippen LogP contribution < -0.4 is 15.6 Å². The van der Waals surface area contributed by atoms with Crippen molar-refractivity contribution in [3.05, 3.63) is 29.8 Å². The highest BCUT2D eigenvalue weighted by Gasteiger charge is 2.36. The highest BCUT2D eigenvalue weighted by molar-refractivity contribution is 5.94. The molecule has 1 aromatic rings. The van der Waals surface area contributed by atoms with Gasteiger partial charge in [0.2, 0.25) is 5.91 Å². The summed E-state index contributed by atoms with van der Waals surface area (Å²) in [5.41, 5.74) is 6.76. The highest BCUT2D eigenvalue weighted by Crippen LogP contribution is 2.21. The number of hydrazine groups is 1. The van der Waals surface area contributed by atoms with Crippen LogP contribution in [0.1, 0.15) is 43.5 Å². The number of amides is 1. The second-order valence-corrected chi connectivity index (χ2v) is 7.54. The molecule has 0 saturated carbocycles. The molecule has 29 heavy (non-hydrogen) atoms. The largest absolute Gasteiger partial charge is 0.492 e. The smallest absolute Gasteiger partial charge is 0.310 e. The second-order valence-electron chi connectivity index (χ2n) is 7.54. The van der Waals surface area contributed by atoms with E-state index in [9.17, 15) is 14.4 Å². The lowest BCUT2D eigenvalue weighted by molar-refractivity contribution is -0.151. The molecule has 2 N–H and O–H groups in total. The van der Waals surface area contributed by atoms with Gasteiger partial charge >= 0.3 is 5.97 Å². The molecule has 3 unspecified atom stereocenters. The van der Waals surface area contributed by atoms with Crippen LogP contribution in [0.5, 0.6) is 5.75 Å². The Morgan fingerprint density at radius 2 is 2.07 bits per heavy atom. The van der Waals surface area contributed by atoms with E-state index in [0.717, 1.165) is 12.8 Å². The first-order valence-corrected chi connectivity index (χ1v) is 10.2. The van der Waals surface area contributed by atoms with Crippen molar-refractivity contribution in [2.75, 3.05) is 26.3 Å². The van der Waals surface area contributed by atoms with Crippen LogP contribution in [0.15, 0.2) is 24.3 Å². The molecule has 2 heterocycles. The molecule has 2 saturated heterocycles. The van der Waals surface area contributed by atoms with Gasteiger partial charge in [-0.1, -0.05) is 12.1 Å². The molecular weight excluding hydrogens is 374 g/mol. The summed E-state index contributed by atoms with van der Waals surface area (Å²) in [5.74, 6) is 0.149. The number of carbonyl (C=O) groups is 3. The summed E-state index contributed by atoms with van der Waals surface area (Å²) >= 11 is 0. The number of nitrogens with one attached hydrogen (secondary N) is 2. The van der Waals surface area contributed by atoms with Gasteiger partial charge in [0, 0.05) is 18.7 Å². The van der Waals surface area contributed by atoms with E-state index in [-0.39, 0.29) is 35.7 Å². The van der Waals surface area contributed by atoms with Gasteiger partial charge in [-0.3, -0.25) is 19.8 Å². The summed E-state index contributed by atoms with van der Waals surface area (Å²) in [5, 5.41) is 0. The summed E-state index contributed by atoms with van der Waals surface area (Å²) in [6, 6.07) is 6.68. The van der Waals surface area contributed by atoms with E-state index in [4.69, 9.17) is 9.47 Å². The minimum Gasteiger partial charge on any atom is -0.492 e. The summed E-state index contributed by atoms with van der Waals surface area (Å²) < 4.78 is 10.9. The van der Waals surface area contributed by atoms with Gasteiger partial charge in [-0.2, -0.15) is 0 Å². The minimum absolute atomic E-state index is 0.00687. The van der Waals surface area contributed by atoms with Crippen LogP contribution in [0, 0.1) is 5.92 Å². The average Bonchev–Trinajstić information content (AvgIpc) is 3.21. The van der Waals surface area contributed by atoms with Gasteiger partial charge in [-0.25, -0.2) is 5.43 Å². The van der Waals surface area contributed by atoms with E-state index in [2.05, 4.69) is 10.9 Å². The molecule has 2 aliphatic rings. The van der Waals surface area contributed by atoms with Gasteiger partial charge in [0.25, 0.3) is 0 Å². The van der Waals surface area contributed by atoms with Crippen molar-refractivity contribution >= 4 is 17.7 Å². The topological polar surface area (TPSA) is 97.0 Å². The molecule has 0 aromatic heterocycles. The number of ketones is 1. The molecule has 0 spiro atoms. The van der Waals surface area contributed by atoms with E-state index in [1.54, 1.807) is 36.1 Å². The summed E-state index contributed by atoms with van der Waals surface area (Å²) in [7, 11) is 0. The molecule has 0 radical (unpaired) electrons. The van der Waals surface area contributed by atoms with Crippen molar-refractivity contribution in [3.63, 3.8) is 0 Å². The lowest BCUT2D eigenvalue weighted by Gasteiger charge is -2.33. The predicted octanol–water partition coefficient (Wildman–Crippen LogP) is 1.30. The highest BCUT2D eigenvalue weighted by atomic mass is 16.5. The van der Waals surface area contributed by atoms with Gasteiger partial charge in [-0.15, -0.1) is 0 Å². The van der Waals surface area contributed by atoms with Crippen molar-refractivity contribution < 1.29 is 23.9 Å². The molecule has 8 nitrogen and oxygen atoms in total. The van der Waals surface area contributed by atoms with E-state index in [0.29, 0.717) is 44.0 Å². The number of nitrogens with zero attached hydrogens (tertiary/aromatic N) is 1. The molecule has 0 aliphatic carbocycles. The molecule has 8 heteroatoms. The Labute approximate surface area is 170 Å². The zero-order valence-electron chi connectivity index (χ0n) is 17.0. The zero-order valence-corrected chi connectivity index (χ0v) is 17.0. The molecular formula is C21H29N3O5. The summed E-state index contributed by atoms with van der Waals surface area (Å²) in [4.78, 5) is 38.1. The molecule has 2 fully saturated rings. The standard InChI is InChI=1S/C21H29N3O5/c1-3-28-21(27)16-7-5-9-24(12-16)20(26)19-11-17(22-23-19)13-29-18-8-4-6-15(10-18)14(2)25/h4,6,8,10,16-17,19,22-23H,3,5,7,9,11-13H2,1-2H3. The lowest BCUT2D eigenvalue weighted by atomic mass is 9.97. The van der Waals surface area contributed by atoms with Gasteiger partial charge < -0.3 is 14.4 Å². The minimum atomic E-state index is -0.354. The third kappa shape index (κ3) is 5.55. The Hall–Kier alpha value is -2.45. The first-order chi connectivity index (χ1) is 14.0. The molecule has 3 rings (SSSR count). The SMILES string of the molecule is CCOC(=O)C1CCCN(C(=O)C2CC(COc3cccc(C(C)=O)c3)NN2)C1. The number of rotatable bonds is 7. The number of likely N-dealkylation sites (tertiary alicyclic amines) is 1. The maximum Gasteiger partial charge on any atom is 0.310 e. The number of benzene rings is 1. The van der Waals surface area contributed by atoms with Crippen LogP contribution in [0.2, 0.25) is 0 Å². The van der Waals surface area contributed by atoms with E-state index < -0.39 is 0 Å². The van der Waals surface area contributed by atoms with Crippen molar-refractivity contribution in [2.24, 2.45) is 5.92 Å². The number of hydrogen-bond acceptors (Lipinski definition) is 7. The Kier molecular flexibility index (Phi) is 7.22. The number of Topliss-reactive ketones (excluding diaryl/α,β-unsaturated/α-hetero) is 1.